The average Bonchev–Trinajstić information content (AvgIpc) is 2.27. The normalized spacial score (nSPS) is 46.8. The Morgan fingerprint density at radius 3 is 2.18 bits per heavy atom. The maximum absolute atomic E-state index is 11.8. The van der Waals surface area contributed by atoms with Gasteiger partial charge in [0.05, 0.1) is 6.54 Å². The van der Waals surface area contributed by atoms with Crippen molar-refractivity contribution in [3.63, 3.8) is 0 Å². The first-order chi connectivity index (χ1) is 8.16. The number of carboxylic acids is 1. The summed E-state index contributed by atoms with van der Waals surface area (Å²) >= 11 is 0. The molecule has 0 spiro atoms. The van der Waals surface area contributed by atoms with E-state index in [-0.39, 0.29) is 0 Å². The zero-order chi connectivity index (χ0) is 12.0. The minimum Gasteiger partial charge on any atom is -0.480 e. The lowest BCUT2D eigenvalue weighted by atomic mass is 9.48. The van der Waals surface area contributed by atoms with Crippen LogP contribution in [0, 0.1) is 36.0 Å². The lowest BCUT2D eigenvalue weighted by Crippen LogP contribution is -2.69. The molecule has 3 nitrogen and oxygen atoms in total. The van der Waals surface area contributed by atoms with Gasteiger partial charge in [-0.3, -0.25) is 10.1 Å². The topological polar surface area (TPSA) is 49.3 Å². The minimum atomic E-state index is -0.722. The molecule has 17 heavy (non-hydrogen) atoms. The number of aliphatic carboxylic acids is 1. The molecule has 0 saturated heterocycles. The molecule has 4 rings (SSSR count). The molecule has 0 aromatic carbocycles. The van der Waals surface area contributed by atoms with Crippen molar-refractivity contribution in [2.24, 2.45) is 23.7 Å². The maximum atomic E-state index is 11.8. The van der Waals surface area contributed by atoms with Gasteiger partial charge < -0.3 is 5.11 Å². The molecule has 0 aromatic heterocycles. The zero-order valence-electron chi connectivity index (χ0n) is 9.98. The first-order valence-electron chi connectivity index (χ1n) is 6.58. The summed E-state index contributed by atoms with van der Waals surface area (Å²) in [6.07, 6.45) is 10.9. The van der Waals surface area contributed by atoms with Crippen LogP contribution in [0.1, 0.15) is 32.1 Å². The Kier molecular flexibility index (Phi) is 2.45. The Balaban J connectivity index is 1.93. The fourth-order valence-corrected chi connectivity index (χ4v) is 4.84. The van der Waals surface area contributed by atoms with Gasteiger partial charge in [0.25, 0.3) is 0 Å². The summed E-state index contributed by atoms with van der Waals surface area (Å²) < 4.78 is 0. The summed E-state index contributed by atoms with van der Waals surface area (Å²) in [5.41, 5.74) is -0.722. The minimum absolute atomic E-state index is 0.296. The predicted octanol–water partition coefficient (Wildman–Crippen LogP) is 1.49. The van der Waals surface area contributed by atoms with E-state index in [1.165, 1.54) is 6.42 Å². The Bertz CT molecular complexity index is 354. The molecule has 0 unspecified atom stereocenters. The summed E-state index contributed by atoms with van der Waals surface area (Å²) in [7, 11) is 0. The van der Waals surface area contributed by atoms with Gasteiger partial charge in [0.2, 0.25) is 0 Å². The Labute approximate surface area is 102 Å². The summed E-state index contributed by atoms with van der Waals surface area (Å²) in [4.78, 5) is 11.8. The van der Waals surface area contributed by atoms with Gasteiger partial charge in [-0.1, -0.05) is 5.92 Å². The Morgan fingerprint density at radius 1 is 1.24 bits per heavy atom. The molecule has 4 fully saturated rings. The van der Waals surface area contributed by atoms with Crippen LogP contribution in [0.4, 0.5) is 0 Å². The highest BCUT2D eigenvalue weighted by atomic mass is 16.4. The molecule has 92 valence electrons. The highest BCUT2D eigenvalue weighted by molar-refractivity contribution is 5.80. The van der Waals surface area contributed by atoms with E-state index in [1.54, 1.807) is 0 Å². The lowest BCUT2D eigenvalue weighted by molar-refractivity contribution is -0.164. The fourth-order valence-electron chi connectivity index (χ4n) is 4.84. The number of hydrogen-bond acceptors (Lipinski definition) is 2. The van der Waals surface area contributed by atoms with Gasteiger partial charge >= 0.3 is 5.97 Å². The molecule has 4 aliphatic rings. The summed E-state index contributed by atoms with van der Waals surface area (Å²) in [6, 6.07) is 0. The number of terminal acetylenes is 1. The number of nitrogens with one attached hydrogen (secondary N) is 1. The third-order valence-corrected chi connectivity index (χ3v) is 5.26. The molecular weight excluding hydrogens is 214 g/mol. The van der Waals surface area contributed by atoms with E-state index in [2.05, 4.69) is 11.2 Å². The number of hydrogen-bond donors (Lipinski definition) is 2. The van der Waals surface area contributed by atoms with Crippen molar-refractivity contribution in [1.82, 2.24) is 5.32 Å². The van der Waals surface area contributed by atoms with E-state index in [4.69, 9.17) is 6.42 Å². The molecular formula is C14H19NO2. The van der Waals surface area contributed by atoms with Gasteiger partial charge in [0, 0.05) is 0 Å². The van der Waals surface area contributed by atoms with E-state index in [0.29, 0.717) is 18.4 Å². The molecule has 0 aliphatic heterocycles. The molecule has 0 radical (unpaired) electrons. The monoisotopic (exact) mass is 233 g/mol. The molecule has 4 aliphatic carbocycles. The zero-order valence-corrected chi connectivity index (χ0v) is 9.98. The molecule has 4 bridgehead atoms. The smallest absolute Gasteiger partial charge is 0.324 e. The van der Waals surface area contributed by atoms with Crippen molar-refractivity contribution in [3.05, 3.63) is 0 Å². The molecule has 0 aromatic rings. The first kappa shape index (κ1) is 11.1. The molecule has 0 amide bonds. The van der Waals surface area contributed by atoms with Crippen molar-refractivity contribution < 1.29 is 9.90 Å². The standard InChI is InChI=1S/C14H19NO2/c1-2-3-15-14(13(16)17)11-5-9-4-10(7-11)8-12(14)6-9/h1,9-12,15H,3-8H2,(H,16,17). The molecule has 0 heterocycles. The summed E-state index contributed by atoms with van der Waals surface area (Å²) in [5.74, 6) is 4.00. The number of carbonyl (C=O) groups is 1. The summed E-state index contributed by atoms with van der Waals surface area (Å²) in [5, 5.41) is 12.9. The average molecular weight is 233 g/mol. The van der Waals surface area contributed by atoms with E-state index < -0.39 is 11.5 Å². The van der Waals surface area contributed by atoms with Gasteiger partial charge in [-0.2, -0.15) is 0 Å². The van der Waals surface area contributed by atoms with Crippen LogP contribution >= 0.6 is 0 Å². The van der Waals surface area contributed by atoms with E-state index >= 15 is 0 Å². The highest BCUT2D eigenvalue weighted by Gasteiger charge is 2.60. The fraction of sp³-hybridized carbons (Fsp3) is 0.786. The van der Waals surface area contributed by atoms with Crippen molar-refractivity contribution in [1.29, 1.82) is 0 Å². The summed E-state index contributed by atoms with van der Waals surface area (Å²) in [6.45, 7) is 0.370. The van der Waals surface area contributed by atoms with Gasteiger partial charge in [-0.15, -0.1) is 6.42 Å². The van der Waals surface area contributed by atoms with Crippen LogP contribution in [-0.4, -0.2) is 23.2 Å². The number of carboxylic acid groups (broad SMARTS) is 1. The maximum Gasteiger partial charge on any atom is 0.324 e. The van der Waals surface area contributed by atoms with E-state index in [1.807, 2.05) is 0 Å². The SMILES string of the molecule is C#CCNC1(C(=O)O)C2CC3CC(C2)CC1C3. The second-order valence-electron chi connectivity index (χ2n) is 6.04. The second-order valence-corrected chi connectivity index (χ2v) is 6.04. The van der Waals surface area contributed by atoms with Crippen LogP contribution in [-0.2, 0) is 4.79 Å². The molecule has 0 atom stereocenters. The molecule has 2 N–H and O–H groups in total. The highest BCUT2D eigenvalue weighted by Crippen LogP contribution is 2.58. The van der Waals surface area contributed by atoms with Crippen molar-refractivity contribution in [3.8, 4) is 12.3 Å². The van der Waals surface area contributed by atoms with E-state index in [0.717, 1.165) is 37.5 Å². The van der Waals surface area contributed by atoms with Crippen LogP contribution in [0.3, 0.4) is 0 Å². The van der Waals surface area contributed by atoms with Crippen molar-refractivity contribution in [2.45, 2.75) is 37.6 Å². The predicted molar refractivity (Wildman–Crippen MR) is 64.2 cm³/mol. The third kappa shape index (κ3) is 1.43. The quantitative estimate of drug-likeness (QED) is 0.726. The van der Waals surface area contributed by atoms with Crippen molar-refractivity contribution >= 4 is 5.97 Å². The second kappa shape index (κ2) is 3.74. The van der Waals surface area contributed by atoms with Crippen LogP contribution in [0.2, 0.25) is 0 Å². The van der Waals surface area contributed by atoms with Gasteiger partial charge in [0.1, 0.15) is 5.54 Å². The largest absolute Gasteiger partial charge is 0.480 e. The van der Waals surface area contributed by atoms with Crippen LogP contribution in [0.5, 0.6) is 0 Å². The molecule has 3 heteroatoms. The van der Waals surface area contributed by atoms with Crippen LogP contribution in [0.25, 0.3) is 0 Å². The van der Waals surface area contributed by atoms with E-state index in [9.17, 15) is 9.90 Å². The van der Waals surface area contributed by atoms with Gasteiger partial charge in [0.15, 0.2) is 0 Å². The first-order valence-corrected chi connectivity index (χ1v) is 6.58. The van der Waals surface area contributed by atoms with Crippen LogP contribution < -0.4 is 5.32 Å². The van der Waals surface area contributed by atoms with Crippen LogP contribution in [0.15, 0.2) is 0 Å². The Hall–Kier alpha value is -1.01. The molecule has 4 saturated carbocycles. The lowest BCUT2D eigenvalue weighted by Gasteiger charge is -2.59. The number of rotatable bonds is 3. The van der Waals surface area contributed by atoms with Gasteiger partial charge in [-0.05, 0) is 55.8 Å². The Morgan fingerprint density at radius 2 is 1.76 bits per heavy atom. The third-order valence-electron chi connectivity index (χ3n) is 5.26. The van der Waals surface area contributed by atoms with Gasteiger partial charge in [-0.25, -0.2) is 0 Å². The van der Waals surface area contributed by atoms with Crippen molar-refractivity contribution in [2.75, 3.05) is 6.54 Å².